The van der Waals surface area contributed by atoms with E-state index >= 15 is 0 Å². The van der Waals surface area contributed by atoms with E-state index in [0.717, 1.165) is 55.8 Å². The standard InChI is InChI=1S/C30H56O2/c1-21(2)11-9-17-28(6,32)18-10-12-22(3)23-13-14-25-29(23,7)19-15-24-27(4,5)26(31)16-20-30(24,25)8/h21-26,31-32H,9-20H2,1-8H3/t22?,23-,24-,25-,26-,28-,29-,30-/m0/s1. The molecule has 0 saturated heterocycles. The van der Waals surface area contributed by atoms with Gasteiger partial charge >= 0.3 is 0 Å². The van der Waals surface area contributed by atoms with Crippen LogP contribution in [0.25, 0.3) is 0 Å². The van der Waals surface area contributed by atoms with Crippen LogP contribution in [0.1, 0.15) is 132 Å². The van der Waals surface area contributed by atoms with Gasteiger partial charge in [0.1, 0.15) is 0 Å². The van der Waals surface area contributed by atoms with Gasteiger partial charge in [-0.25, -0.2) is 0 Å². The second kappa shape index (κ2) is 9.52. The molecule has 0 amide bonds. The highest BCUT2D eigenvalue weighted by molar-refractivity contribution is 5.12. The molecular weight excluding hydrogens is 392 g/mol. The molecule has 0 aromatic rings. The molecule has 0 spiro atoms. The first-order chi connectivity index (χ1) is 14.7. The van der Waals surface area contributed by atoms with Crippen LogP contribution in [0.4, 0.5) is 0 Å². The van der Waals surface area contributed by atoms with E-state index < -0.39 is 5.60 Å². The average Bonchev–Trinajstić information content (AvgIpc) is 3.03. The molecule has 3 fully saturated rings. The summed E-state index contributed by atoms with van der Waals surface area (Å²) in [5.41, 5.74) is 0.420. The smallest absolute Gasteiger partial charge is 0.0619 e. The van der Waals surface area contributed by atoms with Crippen molar-refractivity contribution in [3.63, 3.8) is 0 Å². The summed E-state index contributed by atoms with van der Waals surface area (Å²) >= 11 is 0. The Morgan fingerprint density at radius 1 is 0.812 bits per heavy atom. The lowest BCUT2D eigenvalue weighted by Crippen LogP contribution is -2.58. The van der Waals surface area contributed by atoms with E-state index in [-0.39, 0.29) is 11.5 Å². The van der Waals surface area contributed by atoms with Crippen LogP contribution < -0.4 is 0 Å². The average molecular weight is 449 g/mol. The molecule has 2 heteroatoms. The van der Waals surface area contributed by atoms with Crippen molar-refractivity contribution < 1.29 is 10.2 Å². The molecule has 2 N–H and O–H groups in total. The molecule has 3 aliphatic rings. The Labute approximate surface area is 200 Å². The van der Waals surface area contributed by atoms with E-state index in [1.807, 2.05) is 0 Å². The van der Waals surface area contributed by atoms with Crippen molar-refractivity contribution in [2.45, 2.75) is 144 Å². The first-order valence-corrected chi connectivity index (χ1v) is 14.1. The van der Waals surface area contributed by atoms with Crippen LogP contribution in [0.5, 0.6) is 0 Å². The molecule has 3 saturated carbocycles. The van der Waals surface area contributed by atoms with E-state index in [4.69, 9.17) is 0 Å². The van der Waals surface area contributed by atoms with Crippen molar-refractivity contribution in [2.24, 2.45) is 45.8 Å². The Bertz CT molecular complexity index is 622. The molecule has 0 bridgehead atoms. The minimum atomic E-state index is -0.489. The van der Waals surface area contributed by atoms with Crippen LogP contribution in [0.2, 0.25) is 0 Å². The molecule has 3 aliphatic carbocycles. The number of hydrogen-bond donors (Lipinski definition) is 2. The summed E-state index contributed by atoms with van der Waals surface area (Å²) in [7, 11) is 0. The monoisotopic (exact) mass is 448 g/mol. The van der Waals surface area contributed by atoms with Gasteiger partial charge in [-0.2, -0.15) is 0 Å². The first kappa shape index (κ1) is 26.5. The number of hydrogen-bond acceptors (Lipinski definition) is 2. The number of aliphatic hydroxyl groups is 2. The fraction of sp³-hybridized carbons (Fsp3) is 1.00. The molecule has 0 aromatic heterocycles. The predicted molar refractivity (Wildman–Crippen MR) is 137 cm³/mol. The van der Waals surface area contributed by atoms with Crippen molar-refractivity contribution in [3.05, 3.63) is 0 Å². The normalized spacial score (nSPS) is 41.7. The van der Waals surface area contributed by atoms with E-state index in [9.17, 15) is 10.2 Å². The minimum Gasteiger partial charge on any atom is -0.393 e. The Morgan fingerprint density at radius 2 is 1.41 bits per heavy atom. The van der Waals surface area contributed by atoms with Gasteiger partial charge in [0.2, 0.25) is 0 Å². The van der Waals surface area contributed by atoms with Crippen LogP contribution in [-0.4, -0.2) is 21.9 Å². The Morgan fingerprint density at radius 3 is 2.03 bits per heavy atom. The Hall–Kier alpha value is -0.0800. The van der Waals surface area contributed by atoms with Gasteiger partial charge < -0.3 is 10.2 Å². The van der Waals surface area contributed by atoms with Crippen molar-refractivity contribution in [1.82, 2.24) is 0 Å². The molecule has 0 heterocycles. The zero-order valence-electron chi connectivity index (χ0n) is 22.8. The maximum atomic E-state index is 10.9. The molecule has 8 atom stereocenters. The summed E-state index contributed by atoms with van der Waals surface area (Å²) in [4.78, 5) is 0. The molecule has 188 valence electrons. The Balaban J connectivity index is 1.59. The van der Waals surface area contributed by atoms with Gasteiger partial charge in [-0.05, 0) is 104 Å². The van der Waals surface area contributed by atoms with Crippen molar-refractivity contribution in [3.8, 4) is 0 Å². The van der Waals surface area contributed by atoms with E-state index in [1.54, 1.807) is 0 Å². The second-order valence-corrected chi connectivity index (χ2v) is 14.4. The SMILES string of the molecule is CC(C)CCC[C@](C)(O)CCCC(C)[C@@H]1CC[C@H]2[C@@]1(C)CC[C@H]1C(C)(C)[C@@H](O)CC[C@]21C. The highest BCUT2D eigenvalue weighted by Crippen LogP contribution is 2.70. The van der Waals surface area contributed by atoms with E-state index in [1.165, 1.54) is 44.9 Å². The fourth-order valence-electron chi connectivity index (χ4n) is 9.31. The summed E-state index contributed by atoms with van der Waals surface area (Å²) in [6.07, 6.45) is 14.2. The lowest BCUT2D eigenvalue weighted by molar-refractivity contribution is -0.170. The molecule has 32 heavy (non-hydrogen) atoms. The van der Waals surface area contributed by atoms with Gasteiger partial charge in [0.05, 0.1) is 11.7 Å². The van der Waals surface area contributed by atoms with Gasteiger partial charge in [-0.15, -0.1) is 0 Å². The lowest BCUT2D eigenvalue weighted by Gasteiger charge is -2.63. The maximum Gasteiger partial charge on any atom is 0.0619 e. The first-order valence-electron chi connectivity index (χ1n) is 14.1. The summed E-state index contributed by atoms with van der Waals surface area (Å²) in [5, 5.41) is 21.6. The zero-order valence-corrected chi connectivity index (χ0v) is 22.8. The van der Waals surface area contributed by atoms with Gasteiger partial charge in [-0.1, -0.05) is 74.1 Å². The molecule has 0 radical (unpaired) electrons. The minimum absolute atomic E-state index is 0.0547. The van der Waals surface area contributed by atoms with E-state index in [0.29, 0.717) is 16.7 Å². The highest BCUT2D eigenvalue weighted by Gasteiger charge is 2.63. The van der Waals surface area contributed by atoms with Gasteiger partial charge in [-0.3, -0.25) is 0 Å². The van der Waals surface area contributed by atoms with Gasteiger partial charge in [0.15, 0.2) is 0 Å². The van der Waals surface area contributed by atoms with Crippen molar-refractivity contribution in [2.75, 3.05) is 0 Å². The van der Waals surface area contributed by atoms with Crippen molar-refractivity contribution >= 4 is 0 Å². The predicted octanol–water partition coefficient (Wildman–Crippen LogP) is 8.00. The fourth-order valence-corrected chi connectivity index (χ4v) is 9.31. The van der Waals surface area contributed by atoms with Crippen LogP contribution >= 0.6 is 0 Å². The third-order valence-electron chi connectivity index (χ3n) is 11.2. The molecule has 3 rings (SSSR count). The lowest BCUT2D eigenvalue weighted by atomic mass is 9.42. The van der Waals surface area contributed by atoms with Gasteiger partial charge in [0, 0.05) is 0 Å². The Kier molecular flexibility index (Phi) is 7.89. The highest BCUT2D eigenvalue weighted by atomic mass is 16.3. The third-order valence-corrected chi connectivity index (χ3v) is 11.2. The topological polar surface area (TPSA) is 40.5 Å². The van der Waals surface area contributed by atoms with Crippen LogP contribution in [-0.2, 0) is 0 Å². The largest absolute Gasteiger partial charge is 0.393 e. The molecular formula is C30H56O2. The van der Waals surface area contributed by atoms with Crippen LogP contribution in [0.3, 0.4) is 0 Å². The maximum absolute atomic E-state index is 10.9. The van der Waals surface area contributed by atoms with Crippen molar-refractivity contribution in [1.29, 1.82) is 0 Å². The second-order valence-electron chi connectivity index (χ2n) is 14.4. The molecule has 0 aromatic carbocycles. The van der Waals surface area contributed by atoms with Crippen LogP contribution in [0, 0.1) is 45.8 Å². The third kappa shape index (κ3) is 4.98. The molecule has 2 nitrogen and oxygen atoms in total. The quantitative estimate of drug-likeness (QED) is 0.375. The van der Waals surface area contributed by atoms with E-state index in [2.05, 4.69) is 55.4 Å². The summed E-state index contributed by atoms with van der Waals surface area (Å²) in [5.74, 6) is 3.78. The summed E-state index contributed by atoms with van der Waals surface area (Å²) in [6.45, 7) is 19.0. The van der Waals surface area contributed by atoms with Gasteiger partial charge in [0.25, 0.3) is 0 Å². The molecule has 1 unspecified atom stereocenters. The summed E-state index contributed by atoms with van der Waals surface area (Å²) < 4.78 is 0. The van der Waals surface area contributed by atoms with Crippen LogP contribution in [0.15, 0.2) is 0 Å². The number of aliphatic hydroxyl groups excluding tert-OH is 1. The molecule has 0 aliphatic heterocycles. The number of rotatable bonds is 9. The summed E-state index contributed by atoms with van der Waals surface area (Å²) in [6, 6.07) is 0. The zero-order chi connectivity index (χ0) is 23.9. The number of fused-ring (bicyclic) bond motifs is 3.